The smallest absolute Gasteiger partial charge is 1.00 e. The predicted octanol–water partition coefficient (Wildman–Crippen LogP) is -2.46. The number of hydrogen-bond acceptors (Lipinski definition) is 30. The van der Waals surface area contributed by atoms with Crippen LogP contribution < -0.4 is 115 Å². The maximum absolute atomic E-state index is 11.7. The molecule has 7 radical (unpaired) electrons. The Labute approximate surface area is 816 Å². The van der Waals surface area contributed by atoms with Crippen LogP contribution in [0.15, 0.2) is 139 Å². The first-order chi connectivity index (χ1) is 55.7. The molecule has 30 nitrogen and oxygen atoms in total. The zero-order valence-electron chi connectivity index (χ0n) is 73.4. The van der Waals surface area contributed by atoms with E-state index in [0.717, 1.165) is 121 Å². The summed E-state index contributed by atoms with van der Waals surface area (Å²) in [7, 11) is 13.4. The van der Waals surface area contributed by atoms with Crippen molar-refractivity contribution in [2.75, 3.05) is 204 Å². The van der Waals surface area contributed by atoms with Crippen molar-refractivity contribution < 1.29 is 260 Å². The molecule has 713 valence electrons. The van der Waals surface area contributed by atoms with Gasteiger partial charge >= 0.3 is 117 Å². The van der Waals surface area contributed by atoms with E-state index in [0.29, 0.717) is 147 Å². The fourth-order valence-electron chi connectivity index (χ4n) is 8.16. The molecule has 0 aliphatic carbocycles. The average molecular weight is 2090 g/mol. The van der Waals surface area contributed by atoms with Crippen molar-refractivity contribution in [1.82, 2.24) is 0 Å². The van der Waals surface area contributed by atoms with Crippen LogP contribution in [0, 0.1) is 0 Å². The monoisotopic (exact) mass is 2090 g/mol. The molecule has 0 fully saturated rings. The quantitative estimate of drug-likeness (QED) is 0.0283. The summed E-state index contributed by atoms with van der Waals surface area (Å²) in [4.78, 5) is 25.1. The van der Waals surface area contributed by atoms with Gasteiger partial charge in [0.1, 0.15) is 34.5 Å². The van der Waals surface area contributed by atoms with Crippen LogP contribution in [-0.2, 0) is 146 Å². The van der Waals surface area contributed by atoms with Gasteiger partial charge in [0, 0.05) is 156 Å². The molecule has 0 atom stereocenters. The van der Waals surface area contributed by atoms with Crippen molar-refractivity contribution in [1.29, 1.82) is 0 Å². The molecule has 6 rings (SSSR count). The molecule has 0 heterocycles. The molecule has 0 saturated carbocycles. The van der Waals surface area contributed by atoms with E-state index < -0.39 is 0 Å². The van der Waals surface area contributed by atoms with Crippen LogP contribution in [0.4, 0.5) is 0 Å². The Balaban J connectivity index is -0.0000000841. The van der Waals surface area contributed by atoms with Crippen molar-refractivity contribution in [3.05, 3.63) is 143 Å². The summed E-state index contributed by atoms with van der Waals surface area (Å²) in [6.07, 6.45) is 14.7. The van der Waals surface area contributed by atoms with Gasteiger partial charge in [-0.1, -0.05) is 107 Å². The van der Waals surface area contributed by atoms with E-state index >= 15 is 0 Å². The molecule has 0 unspecified atom stereocenters. The van der Waals surface area contributed by atoms with Crippen LogP contribution in [-0.4, -0.2) is 241 Å². The minimum Gasteiger partial charge on any atom is -1.00 e. The Morgan fingerprint density at radius 3 is 0.431 bits per heavy atom. The van der Waals surface area contributed by atoms with Crippen molar-refractivity contribution >= 4 is 37.3 Å². The van der Waals surface area contributed by atoms with E-state index in [9.17, 15) is 30.6 Å². The molecule has 0 aliphatic heterocycles. The number of hydrogen-bond donors (Lipinski definition) is 0. The second-order valence-corrected chi connectivity index (χ2v) is 20.8. The Morgan fingerprint density at radius 1 is 0.220 bits per heavy atom. The summed E-state index contributed by atoms with van der Waals surface area (Å²) in [5.41, 5.74) is 3.34. The van der Waals surface area contributed by atoms with E-state index in [1.165, 1.54) is 42.7 Å². The summed E-state index contributed by atoms with van der Waals surface area (Å²) in [5, 5.41) is 120. The molecule has 0 bridgehead atoms. The van der Waals surface area contributed by atoms with Gasteiger partial charge in [-0.15, -0.1) is 0 Å². The van der Waals surface area contributed by atoms with E-state index in [4.69, 9.17) is 87.5 Å². The first-order valence-electron chi connectivity index (χ1n) is 36.7. The zero-order valence-corrected chi connectivity index (χ0v) is 82.2. The van der Waals surface area contributed by atoms with Crippen molar-refractivity contribution in [3.63, 3.8) is 0 Å². The van der Waals surface area contributed by atoms with Gasteiger partial charge in [-0.3, -0.25) is 30.0 Å². The molecule has 0 spiro atoms. The molecular weight excluding hydrogens is 1960 g/mol. The van der Waals surface area contributed by atoms with E-state index in [1.807, 2.05) is 41.5 Å². The Hall–Kier alpha value is -5.41. The number of nitrogens with zero attached hydrogens (tertiary/aromatic N) is 6. The molecular formula is C84H126Cl2Co7N6O24. The Kier molecular flexibility index (Phi) is 146. The largest absolute Gasteiger partial charge is 2.00 e. The maximum atomic E-state index is 11.7. The number of methoxy groups -OCH3 is 6. The van der Waals surface area contributed by atoms with E-state index in [1.54, 1.807) is 146 Å². The predicted molar refractivity (Wildman–Crippen MR) is 432 cm³/mol. The summed E-state index contributed by atoms with van der Waals surface area (Å²) in [6.45, 7) is 24.3. The average Bonchev–Trinajstić information content (AvgIpc) is 0.910. The van der Waals surface area contributed by atoms with Crippen LogP contribution in [0.5, 0.6) is 69.0 Å². The fraction of sp³-hybridized carbons (Fsp3) is 0.500. The molecule has 0 saturated heterocycles. The molecule has 0 N–H and O–H groups in total. The molecule has 123 heavy (non-hydrogen) atoms. The molecule has 39 heteroatoms. The first-order valence-corrected chi connectivity index (χ1v) is 36.7. The minimum atomic E-state index is -0.122. The summed E-state index contributed by atoms with van der Waals surface area (Å²) >= 11 is 0. The van der Waals surface area contributed by atoms with E-state index in [-0.39, 0.29) is 177 Å². The SMILES string of the molecule is CCOCCCN=Cc1cccc(OC)c1[O-].CCOCCCN=Cc1cccc(OC)c1[O-].CCOCCCN=Cc1cccc(OC)c1[O-].CCOCCCN=Cc1cccc(OC)c1[O-].CCOCCCN=Cc1cccc(OC)c1[O-].CCOCCCN=Cc1cccc(OC)c1[O-].C[O-].C[O-].C[O-].C[O-].C[O-].C[O-].[Cl-].[Cl-].[Co+2].[Co+2].[Co+2].[Co+2].[Co+2].[Co+2].[Co+2]. The van der Waals surface area contributed by atoms with Crippen molar-refractivity contribution in [2.45, 2.75) is 80.1 Å². The summed E-state index contributed by atoms with van der Waals surface area (Å²) in [6, 6.07) is 31.0. The zero-order chi connectivity index (χ0) is 87.1. The standard InChI is InChI=1S/6C13H19NO3.6CH3O.2ClH.7Co/c6*1-3-17-9-5-8-14-10-11-6-4-7-12(16-2)13(11)15;6*1-2;;;;;;;;;/h6*4,6-7,10,15H,3,5,8-9H2,1-2H3;6*1H3;2*1H;;;;;;;/q;;;;;;6*-1;;;7*+2/p-8. The van der Waals surface area contributed by atoms with Crippen LogP contribution in [0.1, 0.15) is 113 Å². The van der Waals surface area contributed by atoms with Crippen LogP contribution in [0.2, 0.25) is 0 Å². The first kappa shape index (κ1) is 152. The van der Waals surface area contributed by atoms with Gasteiger partial charge in [-0.25, -0.2) is 0 Å². The fourth-order valence-corrected chi connectivity index (χ4v) is 8.16. The minimum absolute atomic E-state index is 0. The van der Waals surface area contributed by atoms with E-state index in [2.05, 4.69) is 30.0 Å². The number of benzene rings is 6. The molecule has 6 aromatic rings. The number of rotatable bonds is 42. The van der Waals surface area contributed by atoms with Gasteiger partial charge in [-0.05, 0) is 150 Å². The second-order valence-electron chi connectivity index (χ2n) is 20.8. The Morgan fingerprint density at radius 2 is 0.333 bits per heavy atom. The summed E-state index contributed by atoms with van der Waals surface area (Å²) < 4.78 is 60.8. The molecule has 6 aromatic carbocycles. The number of aliphatic imine (C=N–C) groups is 6. The number of halogens is 2. The third-order valence-electron chi connectivity index (χ3n) is 13.4. The Bertz CT molecular complexity index is 2810. The number of ether oxygens (including phenoxy) is 12. The summed E-state index contributed by atoms with van der Waals surface area (Å²) in [5.74, 6) is 1.37. The topological polar surface area (TPSA) is 462 Å². The second kappa shape index (κ2) is 119. The third kappa shape index (κ3) is 79.7. The van der Waals surface area contributed by atoms with Crippen LogP contribution >= 0.6 is 0 Å². The van der Waals surface area contributed by atoms with Gasteiger partial charge in [0.2, 0.25) is 0 Å². The van der Waals surface area contributed by atoms with Gasteiger partial charge in [0.15, 0.2) is 0 Å². The third-order valence-corrected chi connectivity index (χ3v) is 13.4. The normalized spacial score (nSPS) is 9.37. The van der Waals surface area contributed by atoms with Gasteiger partial charge in [0.25, 0.3) is 0 Å². The number of para-hydroxylation sites is 6. The maximum Gasteiger partial charge on any atom is 2.00 e. The molecule has 0 aliphatic rings. The van der Waals surface area contributed by atoms with Gasteiger partial charge < -0.3 is 143 Å². The van der Waals surface area contributed by atoms with Crippen LogP contribution in [0.25, 0.3) is 0 Å². The van der Waals surface area contributed by atoms with Crippen molar-refractivity contribution in [2.24, 2.45) is 30.0 Å². The molecule has 0 amide bonds. The van der Waals surface area contributed by atoms with Gasteiger partial charge in [-0.2, -0.15) is 42.7 Å². The van der Waals surface area contributed by atoms with Crippen molar-refractivity contribution in [3.8, 4) is 69.0 Å². The molecule has 0 aromatic heterocycles. The van der Waals surface area contributed by atoms with Crippen LogP contribution in [0.3, 0.4) is 0 Å². The van der Waals surface area contributed by atoms with Gasteiger partial charge in [0.05, 0.1) is 42.7 Å².